The van der Waals surface area contributed by atoms with Crippen LogP contribution in [0.2, 0.25) is 0 Å². The van der Waals surface area contributed by atoms with Crippen molar-refractivity contribution in [1.29, 1.82) is 0 Å². The van der Waals surface area contributed by atoms with Crippen molar-refractivity contribution < 1.29 is 15.0 Å². The Balaban J connectivity index is 2.52. The average Bonchev–Trinajstić information content (AvgIpc) is 2.37. The molecular formula is C14H19NO3. The summed E-state index contributed by atoms with van der Waals surface area (Å²) in [5, 5.41) is 20.9. The van der Waals surface area contributed by atoms with Gasteiger partial charge in [0.2, 0.25) is 5.91 Å². The van der Waals surface area contributed by atoms with E-state index in [0.29, 0.717) is 0 Å². The number of hydrogen-bond acceptors (Lipinski definition) is 3. The fourth-order valence-electron chi connectivity index (χ4n) is 1.33. The number of phenolic OH excluding ortho intramolecular Hbond substituents is 1. The third-order valence-electron chi connectivity index (χ3n) is 2.83. The smallest absolute Gasteiger partial charge is 0.244 e. The molecule has 4 heteroatoms. The largest absolute Gasteiger partial charge is 0.508 e. The molecule has 0 fully saturated rings. The summed E-state index contributed by atoms with van der Waals surface area (Å²) in [5.74, 6) is 0.0221. The Labute approximate surface area is 107 Å². The van der Waals surface area contributed by atoms with Gasteiger partial charge >= 0.3 is 0 Å². The van der Waals surface area contributed by atoms with Gasteiger partial charge in [-0.1, -0.05) is 19.1 Å². The Morgan fingerprint density at radius 2 is 1.94 bits per heavy atom. The molecule has 18 heavy (non-hydrogen) atoms. The Morgan fingerprint density at radius 1 is 1.33 bits per heavy atom. The molecule has 0 bridgehead atoms. The number of benzene rings is 1. The molecule has 0 aromatic heterocycles. The molecule has 2 atom stereocenters. The minimum absolute atomic E-state index is 0.0241. The summed E-state index contributed by atoms with van der Waals surface area (Å²) in [7, 11) is 0. The Bertz CT molecular complexity index is 412. The van der Waals surface area contributed by atoms with Crippen LogP contribution in [0.4, 0.5) is 0 Å². The highest BCUT2D eigenvalue weighted by molar-refractivity contribution is 5.91. The summed E-state index contributed by atoms with van der Waals surface area (Å²) < 4.78 is 0. The van der Waals surface area contributed by atoms with Gasteiger partial charge in [-0.15, -0.1) is 0 Å². The van der Waals surface area contributed by atoms with E-state index in [1.165, 1.54) is 6.08 Å². The van der Waals surface area contributed by atoms with E-state index in [1.54, 1.807) is 30.3 Å². The first-order valence-electron chi connectivity index (χ1n) is 5.91. The molecule has 4 nitrogen and oxygen atoms in total. The maximum atomic E-state index is 11.6. The lowest BCUT2D eigenvalue weighted by atomic mass is 10.1. The number of aliphatic hydroxyl groups is 1. The maximum absolute atomic E-state index is 11.6. The van der Waals surface area contributed by atoms with Crippen LogP contribution in [0.5, 0.6) is 5.75 Å². The highest BCUT2D eigenvalue weighted by Crippen LogP contribution is 2.10. The van der Waals surface area contributed by atoms with Crippen LogP contribution in [-0.2, 0) is 4.79 Å². The van der Waals surface area contributed by atoms with E-state index in [0.717, 1.165) is 5.56 Å². The van der Waals surface area contributed by atoms with Crippen molar-refractivity contribution in [1.82, 2.24) is 5.32 Å². The molecule has 1 aromatic carbocycles. The molecule has 1 amide bonds. The summed E-state index contributed by atoms with van der Waals surface area (Å²) in [6, 6.07) is 6.49. The van der Waals surface area contributed by atoms with Gasteiger partial charge in [-0.3, -0.25) is 4.79 Å². The molecule has 3 N–H and O–H groups in total. The summed E-state index contributed by atoms with van der Waals surface area (Å²) in [6.07, 6.45) is 3.11. The minimum Gasteiger partial charge on any atom is -0.508 e. The van der Waals surface area contributed by atoms with Crippen molar-refractivity contribution in [2.75, 3.05) is 6.61 Å². The normalized spacial score (nSPS) is 14.4. The van der Waals surface area contributed by atoms with E-state index >= 15 is 0 Å². The van der Waals surface area contributed by atoms with Gasteiger partial charge < -0.3 is 15.5 Å². The highest BCUT2D eigenvalue weighted by Gasteiger charge is 2.11. The molecule has 0 saturated carbocycles. The third kappa shape index (κ3) is 4.59. The summed E-state index contributed by atoms with van der Waals surface area (Å²) >= 11 is 0. The van der Waals surface area contributed by atoms with Gasteiger partial charge in [0.15, 0.2) is 0 Å². The van der Waals surface area contributed by atoms with Gasteiger partial charge in [0.25, 0.3) is 0 Å². The van der Waals surface area contributed by atoms with Crippen LogP contribution in [0, 0.1) is 5.92 Å². The van der Waals surface area contributed by atoms with Crippen molar-refractivity contribution in [3.05, 3.63) is 35.9 Å². The maximum Gasteiger partial charge on any atom is 0.244 e. The second-order valence-electron chi connectivity index (χ2n) is 4.38. The van der Waals surface area contributed by atoms with Crippen LogP contribution in [-0.4, -0.2) is 28.8 Å². The zero-order chi connectivity index (χ0) is 13.5. The molecule has 0 radical (unpaired) electrons. The molecule has 98 valence electrons. The van der Waals surface area contributed by atoms with Crippen LogP contribution in [0.15, 0.2) is 30.3 Å². The number of aromatic hydroxyl groups is 1. The van der Waals surface area contributed by atoms with E-state index in [-0.39, 0.29) is 30.2 Å². The zero-order valence-electron chi connectivity index (χ0n) is 10.6. The predicted octanol–water partition coefficient (Wildman–Crippen LogP) is 1.54. The van der Waals surface area contributed by atoms with Crippen molar-refractivity contribution in [2.24, 2.45) is 5.92 Å². The Kier molecular flexibility index (Phi) is 5.39. The summed E-state index contributed by atoms with van der Waals surface area (Å²) in [5.41, 5.74) is 0.839. The van der Waals surface area contributed by atoms with E-state index < -0.39 is 0 Å². The number of carbonyl (C=O) groups excluding carboxylic acids is 1. The van der Waals surface area contributed by atoms with Gasteiger partial charge in [-0.25, -0.2) is 0 Å². The fraction of sp³-hybridized carbons (Fsp3) is 0.357. The van der Waals surface area contributed by atoms with Crippen molar-refractivity contribution >= 4 is 12.0 Å². The number of carbonyl (C=O) groups is 1. The van der Waals surface area contributed by atoms with Crippen molar-refractivity contribution in [3.8, 4) is 5.75 Å². The predicted molar refractivity (Wildman–Crippen MR) is 71.0 cm³/mol. The first-order valence-corrected chi connectivity index (χ1v) is 5.91. The molecule has 0 aliphatic heterocycles. The first kappa shape index (κ1) is 14.3. The molecule has 1 rings (SSSR count). The highest BCUT2D eigenvalue weighted by atomic mass is 16.3. The fourth-order valence-corrected chi connectivity index (χ4v) is 1.33. The van der Waals surface area contributed by atoms with E-state index in [9.17, 15) is 4.79 Å². The number of aliphatic hydroxyl groups excluding tert-OH is 1. The Morgan fingerprint density at radius 3 is 2.50 bits per heavy atom. The van der Waals surface area contributed by atoms with E-state index in [2.05, 4.69) is 5.32 Å². The van der Waals surface area contributed by atoms with Gasteiger partial charge in [0.1, 0.15) is 5.75 Å². The molecule has 0 spiro atoms. The van der Waals surface area contributed by atoms with Gasteiger partial charge in [0.05, 0.1) is 0 Å². The van der Waals surface area contributed by atoms with Gasteiger partial charge in [-0.2, -0.15) is 0 Å². The molecule has 0 saturated heterocycles. The molecule has 1 aromatic rings. The standard InChI is InChI=1S/C14H19NO3/c1-10(9-16)11(2)15-14(18)8-5-12-3-6-13(17)7-4-12/h3-8,10-11,16-17H,9H2,1-2H3,(H,15,18)/b8-5+. The molecule has 0 heterocycles. The second-order valence-corrected chi connectivity index (χ2v) is 4.38. The topological polar surface area (TPSA) is 69.6 Å². The number of phenols is 1. The summed E-state index contributed by atoms with van der Waals surface area (Å²) in [4.78, 5) is 11.6. The quantitative estimate of drug-likeness (QED) is 0.693. The number of hydrogen-bond donors (Lipinski definition) is 3. The van der Waals surface area contributed by atoms with Crippen molar-refractivity contribution in [2.45, 2.75) is 19.9 Å². The van der Waals surface area contributed by atoms with Gasteiger partial charge in [0, 0.05) is 18.7 Å². The first-order chi connectivity index (χ1) is 8.52. The van der Waals surface area contributed by atoms with E-state index in [1.807, 2.05) is 13.8 Å². The van der Waals surface area contributed by atoms with Crippen LogP contribution in [0.3, 0.4) is 0 Å². The monoisotopic (exact) mass is 249 g/mol. The molecule has 0 aliphatic rings. The number of amides is 1. The SMILES string of the molecule is CC(CO)C(C)NC(=O)/C=C/c1ccc(O)cc1. The molecule has 0 aliphatic carbocycles. The van der Waals surface area contributed by atoms with Crippen LogP contribution >= 0.6 is 0 Å². The van der Waals surface area contributed by atoms with Crippen LogP contribution in [0.1, 0.15) is 19.4 Å². The zero-order valence-corrected chi connectivity index (χ0v) is 10.6. The second kappa shape index (κ2) is 6.81. The molecular weight excluding hydrogens is 230 g/mol. The average molecular weight is 249 g/mol. The minimum atomic E-state index is -0.198. The van der Waals surface area contributed by atoms with Crippen LogP contribution < -0.4 is 5.32 Å². The Hall–Kier alpha value is -1.81. The lowest BCUT2D eigenvalue weighted by Crippen LogP contribution is -2.37. The number of rotatable bonds is 5. The number of nitrogens with one attached hydrogen (secondary N) is 1. The summed E-state index contributed by atoms with van der Waals surface area (Å²) in [6.45, 7) is 3.77. The lowest BCUT2D eigenvalue weighted by Gasteiger charge is -2.18. The van der Waals surface area contributed by atoms with Crippen molar-refractivity contribution in [3.63, 3.8) is 0 Å². The van der Waals surface area contributed by atoms with Gasteiger partial charge in [-0.05, 0) is 36.6 Å². The van der Waals surface area contributed by atoms with Crippen LogP contribution in [0.25, 0.3) is 6.08 Å². The molecule has 2 unspecified atom stereocenters. The lowest BCUT2D eigenvalue weighted by molar-refractivity contribution is -0.117. The third-order valence-corrected chi connectivity index (χ3v) is 2.83. The van der Waals surface area contributed by atoms with E-state index in [4.69, 9.17) is 10.2 Å².